The lowest BCUT2D eigenvalue weighted by Crippen LogP contribution is -2.28. The Labute approximate surface area is 210 Å². The van der Waals surface area contributed by atoms with Gasteiger partial charge in [-0.2, -0.15) is 4.98 Å². The molecule has 0 aliphatic heterocycles. The van der Waals surface area contributed by atoms with Crippen LogP contribution in [0.15, 0.2) is 76.2 Å². The molecule has 0 saturated carbocycles. The lowest BCUT2D eigenvalue weighted by atomic mass is 10.1. The Morgan fingerprint density at radius 2 is 1.81 bits per heavy atom. The molecule has 0 unspecified atom stereocenters. The average molecular weight is 500 g/mol. The molecule has 186 valence electrons. The maximum atomic E-state index is 13.3. The number of nitrogens with one attached hydrogen (secondary N) is 1. The van der Waals surface area contributed by atoms with E-state index in [0.29, 0.717) is 28.8 Å². The summed E-state index contributed by atoms with van der Waals surface area (Å²) < 4.78 is 25.4. The zero-order valence-electron chi connectivity index (χ0n) is 20.1. The van der Waals surface area contributed by atoms with Crippen LogP contribution in [0.4, 0.5) is 4.39 Å². The number of hydrogen-bond donors (Lipinski definition) is 1. The zero-order chi connectivity index (χ0) is 25.9. The van der Waals surface area contributed by atoms with E-state index in [2.05, 4.69) is 20.4 Å². The van der Waals surface area contributed by atoms with Crippen LogP contribution in [-0.4, -0.2) is 32.7 Å². The van der Waals surface area contributed by atoms with Gasteiger partial charge in [-0.15, -0.1) is 0 Å². The minimum absolute atomic E-state index is 0.0146. The molecule has 1 N–H and O–H groups in total. The number of nitrogens with zero attached hydrogens (tertiary/aromatic N) is 4. The fourth-order valence-corrected chi connectivity index (χ4v) is 3.84. The Morgan fingerprint density at radius 1 is 1.05 bits per heavy atom. The van der Waals surface area contributed by atoms with E-state index in [-0.39, 0.29) is 35.2 Å². The number of pyridine rings is 2. The summed E-state index contributed by atoms with van der Waals surface area (Å²) in [5.41, 5.74) is 2.28. The molecule has 2 aromatic carbocycles. The minimum Gasteiger partial charge on any atom is -0.497 e. The quantitative estimate of drug-likeness (QED) is 0.362. The van der Waals surface area contributed by atoms with E-state index in [0.717, 1.165) is 11.3 Å². The minimum atomic E-state index is -0.391. The first kappa shape index (κ1) is 23.9. The van der Waals surface area contributed by atoms with Crippen molar-refractivity contribution in [3.05, 3.63) is 94.2 Å². The second kappa shape index (κ2) is 10.0. The third-order valence-electron chi connectivity index (χ3n) is 5.78. The summed E-state index contributed by atoms with van der Waals surface area (Å²) in [6.45, 7) is 2.04. The Hall–Kier alpha value is -4.86. The molecule has 0 atom stereocenters. The highest BCUT2D eigenvalue weighted by atomic mass is 19.1. The molecule has 3 aromatic heterocycles. The molecule has 1 amide bonds. The van der Waals surface area contributed by atoms with Crippen LogP contribution in [0.25, 0.3) is 33.9 Å². The number of hydrogen-bond acceptors (Lipinski definition) is 7. The Kier molecular flexibility index (Phi) is 6.46. The molecule has 9 nitrogen and oxygen atoms in total. The smallest absolute Gasteiger partial charge is 0.263 e. The van der Waals surface area contributed by atoms with Gasteiger partial charge in [0, 0.05) is 24.0 Å². The van der Waals surface area contributed by atoms with E-state index < -0.39 is 5.82 Å². The Balaban J connectivity index is 1.46. The molecular formula is C27H22FN5O4. The number of methoxy groups -OCH3 is 1. The number of ether oxygens (including phenoxy) is 1. The van der Waals surface area contributed by atoms with E-state index in [1.54, 1.807) is 30.7 Å². The first-order valence-corrected chi connectivity index (χ1v) is 11.4. The highest BCUT2D eigenvalue weighted by Crippen LogP contribution is 2.22. The second-order valence-corrected chi connectivity index (χ2v) is 8.38. The van der Waals surface area contributed by atoms with Gasteiger partial charge in [0.1, 0.15) is 29.3 Å². The molecule has 0 radical (unpaired) electrons. The van der Waals surface area contributed by atoms with Crippen LogP contribution in [-0.2, 0) is 17.9 Å². The number of halogens is 1. The highest BCUT2D eigenvalue weighted by molar-refractivity contribution is 5.83. The number of fused-ring (bicyclic) bond motifs is 1. The molecule has 0 aliphatic rings. The van der Waals surface area contributed by atoms with Crippen LogP contribution in [0.3, 0.4) is 0 Å². The summed E-state index contributed by atoms with van der Waals surface area (Å²) in [4.78, 5) is 35.0. The molecule has 0 bridgehead atoms. The first-order valence-electron chi connectivity index (χ1n) is 11.4. The van der Waals surface area contributed by atoms with E-state index >= 15 is 0 Å². The van der Waals surface area contributed by atoms with Crippen molar-refractivity contribution < 1.29 is 18.4 Å². The zero-order valence-corrected chi connectivity index (χ0v) is 20.1. The molecule has 5 rings (SSSR count). The van der Waals surface area contributed by atoms with Gasteiger partial charge in [0.05, 0.1) is 12.5 Å². The molecular weight excluding hydrogens is 477 g/mol. The Bertz CT molecular complexity index is 1640. The van der Waals surface area contributed by atoms with Crippen LogP contribution in [0.1, 0.15) is 11.3 Å². The molecule has 0 spiro atoms. The van der Waals surface area contributed by atoms with Crippen molar-refractivity contribution in [3.8, 4) is 28.6 Å². The summed E-state index contributed by atoms with van der Waals surface area (Å²) in [6.07, 6.45) is 1.49. The van der Waals surface area contributed by atoms with Gasteiger partial charge < -0.3 is 19.1 Å². The topological polar surface area (TPSA) is 112 Å². The van der Waals surface area contributed by atoms with Crippen molar-refractivity contribution >= 4 is 16.9 Å². The van der Waals surface area contributed by atoms with Gasteiger partial charge in [-0.25, -0.2) is 9.37 Å². The van der Waals surface area contributed by atoms with E-state index in [1.165, 1.54) is 30.5 Å². The number of amides is 1. The predicted molar refractivity (Wildman–Crippen MR) is 134 cm³/mol. The number of aryl methyl sites for hydroxylation is 1. The average Bonchev–Trinajstić information content (AvgIpc) is 3.40. The molecule has 37 heavy (non-hydrogen) atoms. The maximum absolute atomic E-state index is 13.3. The van der Waals surface area contributed by atoms with Crippen LogP contribution in [0, 0.1) is 12.7 Å². The van der Waals surface area contributed by atoms with Crippen molar-refractivity contribution in [2.24, 2.45) is 0 Å². The van der Waals surface area contributed by atoms with Crippen LogP contribution < -0.4 is 15.5 Å². The highest BCUT2D eigenvalue weighted by Gasteiger charge is 2.19. The fourth-order valence-electron chi connectivity index (χ4n) is 3.84. The van der Waals surface area contributed by atoms with Crippen molar-refractivity contribution in [1.29, 1.82) is 0 Å². The summed E-state index contributed by atoms with van der Waals surface area (Å²) in [6, 6.07) is 16.4. The van der Waals surface area contributed by atoms with Crippen LogP contribution in [0.2, 0.25) is 0 Å². The summed E-state index contributed by atoms with van der Waals surface area (Å²) >= 11 is 0. The number of benzene rings is 2. The summed E-state index contributed by atoms with van der Waals surface area (Å²) in [5, 5.41) is 7.13. The number of rotatable bonds is 7. The molecule has 0 aliphatic carbocycles. The molecule has 0 fully saturated rings. The van der Waals surface area contributed by atoms with Gasteiger partial charge >= 0.3 is 0 Å². The fraction of sp³-hybridized carbons (Fsp3) is 0.148. The number of carbonyl (C=O) groups excluding carboxylic acids is 1. The van der Waals surface area contributed by atoms with Crippen molar-refractivity contribution in [3.63, 3.8) is 0 Å². The van der Waals surface area contributed by atoms with Gasteiger partial charge in [0.15, 0.2) is 0 Å². The number of carbonyl (C=O) groups is 1. The van der Waals surface area contributed by atoms with Crippen molar-refractivity contribution in [2.45, 2.75) is 20.0 Å². The van der Waals surface area contributed by atoms with E-state index in [1.807, 2.05) is 24.3 Å². The predicted octanol–water partition coefficient (Wildman–Crippen LogP) is 3.89. The van der Waals surface area contributed by atoms with Crippen molar-refractivity contribution in [1.82, 2.24) is 25.0 Å². The van der Waals surface area contributed by atoms with Gasteiger partial charge in [0.2, 0.25) is 17.2 Å². The van der Waals surface area contributed by atoms with Crippen LogP contribution >= 0.6 is 0 Å². The van der Waals surface area contributed by atoms with E-state index in [4.69, 9.17) is 9.26 Å². The third-order valence-corrected chi connectivity index (χ3v) is 5.78. The SMILES string of the molecule is COc1ccc(CNC(=O)Cn2cc(-c3nc(-c4ccc(F)cc4)no3)c(=O)c3ccc(C)nc32)cc1. The maximum Gasteiger partial charge on any atom is 0.263 e. The van der Waals surface area contributed by atoms with Gasteiger partial charge in [-0.1, -0.05) is 17.3 Å². The monoisotopic (exact) mass is 499 g/mol. The molecule has 5 aromatic rings. The van der Waals surface area contributed by atoms with Gasteiger partial charge in [-0.05, 0) is 61.0 Å². The van der Waals surface area contributed by atoms with E-state index in [9.17, 15) is 14.0 Å². The van der Waals surface area contributed by atoms with Crippen molar-refractivity contribution in [2.75, 3.05) is 7.11 Å². The van der Waals surface area contributed by atoms with Gasteiger partial charge in [-0.3, -0.25) is 9.59 Å². The molecule has 10 heteroatoms. The number of aromatic nitrogens is 4. The summed E-state index contributed by atoms with van der Waals surface area (Å²) in [5.74, 6) is 0.261. The van der Waals surface area contributed by atoms with Gasteiger partial charge in [0.25, 0.3) is 5.89 Å². The third kappa shape index (κ3) is 5.08. The lowest BCUT2D eigenvalue weighted by molar-refractivity contribution is -0.121. The molecule has 0 saturated heterocycles. The summed E-state index contributed by atoms with van der Waals surface area (Å²) in [7, 11) is 1.59. The lowest BCUT2D eigenvalue weighted by Gasteiger charge is -2.12. The first-order chi connectivity index (χ1) is 17.9. The standard InChI is InChI=1S/C27H22FN5O4/c1-16-3-12-21-24(35)22(27-31-25(32-37-27)18-6-8-19(28)9-7-18)14-33(26(21)30-16)15-23(34)29-13-17-4-10-20(36-2)11-5-17/h3-12,14H,13,15H2,1-2H3,(H,29,34). The second-order valence-electron chi connectivity index (χ2n) is 8.38. The largest absolute Gasteiger partial charge is 0.497 e. The Morgan fingerprint density at radius 3 is 2.54 bits per heavy atom. The normalized spacial score (nSPS) is 11.0. The van der Waals surface area contributed by atoms with Crippen LogP contribution in [0.5, 0.6) is 5.75 Å². The molecule has 3 heterocycles.